The lowest BCUT2D eigenvalue weighted by Gasteiger charge is -2.33. The van der Waals surface area contributed by atoms with Crippen LogP contribution < -0.4 is 16.0 Å². The van der Waals surface area contributed by atoms with Crippen LogP contribution in [-0.4, -0.2) is 49.1 Å². The van der Waals surface area contributed by atoms with E-state index < -0.39 is 0 Å². The second-order valence-corrected chi connectivity index (χ2v) is 6.69. The Labute approximate surface area is 155 Å². The van der Waals surface area contributed by atoms with Crippen molar-refractivity contribution in [1.29, 1.82) is 0 Å². The smallest absolute Gasteiger partial charge is 0.193 e. The number of aromatic nitrogens is 1. The normalized spacial score (nSPS) is 15.9. The lowest BCUT2D eigenvalue weighted by molar-refractivity contribution is 0.312. The molecule has 0 bridgehead atoms. The molecule has 0 spiro atoms. The molecule has 1 aliphatic rings. The van der Waals surface area contributed by atoms with Crippen molar-refractivity contribution in [1.82, 2.24) is 9.88 Å². The maximum Gasteiger partial charge on any atom is 0.193 e. The Bertz CT molecular complexity index is 732. The fourth-order valence-corrected chi connectivity index (χ4v) is 2.96. The summed E-state index contributed by atoms with van der Waals surface area (Å²) in [6, 6.07) is 12.4. The van der Waals surface area contributed by atoms with Crippen molar-refractivity contribution < 1.29 is 0 Å². The van der Waals surface area contributed by atoms with Crippen LogP contribution in [0.2, 0.25) is 0 Å². The Morgan fingerprint density at radius 2 is 1.85 bits per heavy atom. The van der Waals surface area contributed by atoms with Gasteiger partial charge in [-0.05, 0) is 48.9 Å². The lowest BCUT2D eigenvalue weighted by atomic mass is 10.1. The predicted octanol–water partition coefficient (Wildman–Crippen LogP) is 2.32. The molecule has 0 aliphatic carbocycles. The first-order valence-electron chi connectivity index (χ1n) is 9.18. The number of rotatable bonds is 5. The van der Waals surface area contributed by atoms with Gasteiger partial charge in [0.2, 0.25) is 0 Å². The summed E-state index contributed by atoms with van der Waals surface area (Å²) in [5, 5.41) is 3.14. The first kappa shape index (κ1) is 18.2. The van der Waals surface area contributed by atoms with Crippen molar-refractivity contribution in [3.05, 3.63) is 53.7 Å². The van der Waals surface area contributed by atoms with Gasteiger partial charge >= 0.3 is 0 Å². The number of piperazine rings is 1. The van der Waals surface area contributed by atoms with Gasteiger partial charge in [0.05, 0.1) is 6.54 Å². The van der Waals surface area contributed by atoms with Gasteiger partial charge in [-0.15, -0.1) is 0 Å². The second-order valence-electron chi connectivity index (χ2n) is 6.69. The number of pyridine rings is 1. The number of aliphatic imine (C=N–C) groups is 1. The van der Waals surface area contributed by atoms with Crippen LogP contribution >= 0.6 is 0 Å². The second kappa shape index (κ2) is 8.67. The summed E-state index contributed by atoms with van der Waals surface area (Å²) in [6.07, 6.45) is 2.88. The molecule has 1 aromatic heterocycles. The molecule has 6 nitrogen and oxygen atoms in total. The van der Waals surface area contributed by atoms with Crippen LogP contribution in [-0.2, 0) is 13.0 Å². The van der Waals surface area contributed by atoms with Gasteiger partial charge in [0.15, 0.2) is 5.96 Å². The highest BCUT2D eigenvalue weighted by Crippen LogP contribution is 2.15. The van der Waals surface area contributed by atoms with Crippen LogP contribution in [0.4, 0.5) is 11.5 Å². The summed E-state index contributed by atoms with van der Waals surface area (Å²) >= 11 is 0. The zero-order valence-corrected chi connectivity index (χ0v) is 15.7. The Balaban J connectivity index is 1.59. The molecule has 1 aromatic carbocycles. The molecule has 0 saturated carbocycles. The molecule has 0 unspecified atom stereocenters. The SMILES string of the molecule is CCc1ccc(NC(N)=NCc2ccnc(N3CCN(C)CC3)c2)cc1. The Hall–Kier alpha value is -2.60. The van der Waals surface area contributed by atoms with E-state index in [9.17, 15) is 0 Å². The number of benzene rings is 1. The summed E-state index contributed by atoms with van der Waals surface area (Å²) in [6.45, 7) is 6.83. The molecule has 0 atom stereocenters. The van der Waals surface area contributed by atoms with Gasteiger partial charge in [-0.3, -0.25) is 0 Å². The number of nitrogens with two attached hydrogens (primary N) is 1. The monoisotopic (exact) mass is 352 g/mol. The van der Waals surface area contributed by atoms with E-state index in [1.807, 2.05) is 24.4 Å². The number of nitrogens with zero attached hydrogens (tertiary/aromatic N) is 4. The van der Waals surface area contributed by atoms with E-state index in [1.165, 1.54) is 5.56 Å². The zero-order chi connectivity index (χ0) is 18.4. The lowest BCUT2D eigenvalue weighted by Crippen LogP contribution is -2.44. The molecular weight excluding hydrogens is 324 g/mol. The summed E-state index contributed by atoms with van der Waals surface area (Å²) in [5.74, 6) is 1.44. The minimum absolute atomic E-state index is 0.423. The number of hydrogen-bond donors (Lipinski definition) is 2. The number of aryl methyl sites for hydroxylation is 1. The van der Waals surface area contributed by atoms with Crippen molar-refractivity contribution in [2.45, 2.75) is 19.9 Å². The van der Waals surface area contributed by atoms with E-state index in [4.69, 9.17) is 5.73 Å². The van der Waals surface area contributed by atoms with Gasteiger partial charge in [-0.2, -0.15) is 0 Å². The van der Waals surface area contributed by atoms with Gasteiger partial charge in [0.1, 0.15) is 5.82 Å². The van der Waals surface area contributed by atoms with Gasteiger partial charge < -0.3 is 20.9 Å². The summed E-state index contributed by atoms with van der Waals surface area (Å²) in [7, 11) is 2.15. The van der Waals surface area contributed by atoms with Gasteiger partial charge in [0.25, 0.3) is 0 Å². The molecule has 0 amide bonds. The first-order valence-corrected chi connectivity index (χ1v) is 9.18. The number of anilines is 2. The average molecular weight is 352 g/mol. The maximum atomic E-state index is 6.03. The number of nitrogens with one attached hydrogen (secondary N) is 1. The fraction of sp³-hybridized carbons (Fsp3) is 0.400. The van der Waals surface area contributed by atoms with E-state index in [2.05, 4.69) is 57.3 Å². The quantitative estimate of drug-likeness (QED) is 0.638. The van der Waals surface area contributed by atoms with E-state index >= 15 is 0 Å². The van der Waals surface area contributed by atoms with Gasteiger partial charge in [-0.1, -0.05) is 19.1 Å². The molecule has 3 N–H and O–H groups in total. The highest BCUT2D eigenvalue weighted by atomic mass is 15.3. The molecule has 3 rings (SSSR count). The van der Waals surface area contributed by atoms with E-state index in [0.29, 0.717) is 12.5 Å². The zero-order valence-electron chi connectivity index (χ0n) is 15.7. The number of likely N-dealkylation sites (N-methyl/N-ethyl adjacent to an activating group) is 1. The fourth-order valence-electron chi connectivity index (χ4n) is 2.96. The first-order chi connectivity index (χ1) is 12.6. The van der Waals surface area contributed by atoms with Gasteiger partial charge in [-0.25, -0.2) is 9.98 Å². The van der Waals surface area contributed by atoms with Crippen molar-refractivity contribution in [3.8, 4) is 0 Å². The van der Waals surface area contributed by atoms with Crippen molar-refractivity contribution in [3.63, 3.8) is 0 Å². The standard InChI is InChI=1S/C20H28N6/c1-3-16-4-6-18(7-5-16)24-20(21)23-15-17-8-9-22-19(14-17)26-12-10-25(2)11-13-26/h4-9,14H,3,10-13,15H2,1-2H3,(H3,21,23,24). The van der Waals surface area contributed by atoms with Crippen LogP contribution in [0, 0.1) is 0 Å². The van der Waals surface area contributed by atoms with Crippen LogP contribution in [0.1, 0.15) is 18.1 Å². The van der Waals surface area contributed by atoms with Crippen LogP contribution in [0.25, 0.3) is 0 Å². The minimum Gasteiger partial charge on any atom is -0.370 e. The predicted molar refractivity (Wildman–Crippen MR) is 109 cm³/mol. The number of hydrogen-bond acceptors (Lipinski definition) is 4. The van der Waals surface area contributed by atoms with E-state index in [-0.39, 0.29) is 0 Å². The van der Waals surface area contributed by atoms with Crippen molar-refractivity contribution >= 4 is 17.5 Å². The summed E-state index contributed by atoms with van der Waals surface area (Å²) in [4.78, 5) is 13.6. The molecule has 0 radical (unpaired) electrons. The third-order valence-electron chi connectivity index (χ3n) is 4.70. The highest BCUT2D eigenvalue weighted by Gasteiger charge is 2.15. The van der Waals surface area contributed by atoms with Crippen LogP contribution in [0.5, 0.6) is 0 Å². The van der Waals surface area contributed by atoms with E-state index in [0.717, 1.165) is 49.7 Å². The topological polar surface area (TPSA) is 69.8 Å². The van der Waals surface area contributed by atoms with E-state index in [1.54, 1.807) is 0 Å². The molecule has 1 fully saturated rings. The largest absolute Gasteiger partial charge is 0.370 e. The summed E-state index contributed by atoms with van der Waals surface area (Å²) < 4.78 is 0. The maximum absolute atomic E-state index is 6.03. The minimum atomic E-state index is 0.423. The highest BCUT2D eigenvalue weighted by molar-refractivity contribution is 5.92. The van der Waals surface area contributed by atoms with Crippen molar-refractivity contribution in [2.75, 3.05) is 43.4 Å². The summed E-state index contributed by atoms with van der Waals surface area (Å²) in [5.41, 5.74) is 9.40. The average Bonchev–Trinajstić information content (AvgIpc) is 2.68. The molecule has 6 heteroatoms. The van der Waals surface area contributed by atoms with Crippen LogP contribution in [0.15, 0.2) is 47.6 Å². The molecule has 26 heavy (non-hydrogen) atoms. The molecule has 1 saturated heterocycles. The van der Waals surface area contributed by atoms with Crippen LogP contribution in [0.3, 0.4) is 0 Å². The number of guanidine groups is 1. The Morgan fingerprint density at radius 3 is 2.54 bits per heavy atom. The van der Waals surface area contributed by atoms with Crippen molar-refractivity contribution in [2.24, 2.45) is 10.7 Å². The Kier molecular flexibility index (Phi) is 6.07. The molecular formula is C20H28N6. The molecule has 138 valence electrons. The molecule has 2 heterocycles. The third-order valence-corrected chi connectivity index (χ3v) is 4.70. The molecule has 2 aromatic rings. The third kappa shape index (κ3) is 4.95. The molecule has 1 aliphatic heterocycles. The van der Waals surface area contributed by atoms with Gasteiger partial charge in [0, 0.05) is 38.1 Å². The Morgan fingerprint density at radius 1 is 1.12 bits per heavy atom.